The summed E-state index contributed by atoms with van der Waals surface area (Å²) in [6.45, 7) is 0. The molecule has 8 aromatic carbocycles. The molecule has 0 atom stereocenters. The van der Waals surface area contributed by atoms with Crippen LogP contribution in [0.3, 0.4) is 0 Å². The lowest BCUT2D eigenvalue weighted by Crippen LogP contribution is -1.97. The molecule has 220 valence electrons. The Morgan fingerprint density at radius 3 is 1.64 bits per heavy atom. The Hall–Kier alpha value is -6.25. The highest BCUT2D eigenvalue weighted by atomic mass is 15.1. The molecule has 0 bridgehead atoms. The molecule has 0 radical (unpaired) electrons. The second-order valence-corrected chi connectivity index (χ2v) is 11.6. The van der Waals surface area contributed by atoms with Crippen LogP contribution in [0.5, 0.6) is 0 Å². The Morgan fingerprint density at radius 2 is 0.957 bits per heavy atom. The zero-order chi connectivity index (χ0) is 35.5. The van der Waals surface area contributed by atoms with Gasteiger partial charge in [0.25, 0.3) is 0 Å². The lowest BCUT2D eigenvalue weighted by Gasteiger charge is -2.18. The molecule has 9 aromatic rings. The van der Waals surface area contributed by atoms with Crippen molar-refractivity contribution in [2.45, 2.75) is 0 Å². The predicted molar refractivity (Wildman–Crippen MR) is 198 cm³/mol. The predicted octanol–water partition coefficient (Wildman–Crippen LogP) is 12.0. The van der Waals surface area contributed by atoms with Crippen LogP contribution < -0.4 is 0 Å². The first-order chi connectivity index (χ1) is 25.4. The van der Waals surface area contributed by atoms with Gasteiger partial charge in [0, 0.05) is 11.3 Å². The van der Waals surface area contributed by atoms with Crippen LogP contribution in [0.1, 0.15) is 6.85 Å². The quantitative estimate of drug-likeness (QED) is 0.179. The van der Waals surface area contributed by atoms with Gasteiger partial charge >= 0.3 is 0 Å². The van der Waals surface area contributed by atoms with Gasteiger partial charge in [0.15, 0.2) is 0 Å². The summed E-state index contributed by atoms with van der Waals surface area (Å²) >= 11 is 0. The van der Waals surface area contributed by atoms with Gasteiger partial charge in [-0.3, -0.25) is 4.57 Å². The van der Waals surface area contributed by atoms with Gasteiger partial charge in [0.1, 0.15) is 5.82 Å². The smallest absolute Gasteiger partial charge is 0.145 e. The van der Waals surface area contributed by atoms with Gasteiger partial charge in [-0.25, -0.2) is 4.98 Å². The number of hydrogen-bond acceptors (Lipinski definition) is 1. The van der Waals surface area contributed by atoms with Crippen LogP contribution in [0.15, 0.2) is 182 Å². The van der Waals surface area contributed by atoms with Crippen molar-refractivity contribution in [3.8, 4) is 50.5 Å². The first-order valence-corrected chi connectivity index (χ1v) is 15.7. The van der Waals surface area contributed by atoms with Gasteiger partial charge in [-0.15, -0.1) is 0 Å². The summed E-state index contributed by atoms with van der Waals surface area (Å²) in [6.07, 6.45) is 0. The number of aromatic nitrogens is 2. The van der Waals surface area contributed by atoms with Crippen LogP contribution in [0, 0.1) is 0 Å². The number of hydrogen-bond donors (Lipinski definition) is 0. The zero-order valence-corrected chi connectivity index (χ0v) is 25.3. The van der Waals surface area contributed by atoms with E-state index in [4.69, 9.17) is 11.8 Å². The minimum atomic E-state index is -0.427. The fourth-order valence-corrected chi connectivity index (χ4v) is 6.82. The molecular formula is C45H30N2. The van der Waals surface area contributed by atoms with Gasteiger partial charge in [-0.1, -0.05) is 152 Å². The monoisotopic (exact) mass is 603 g/mol. The van der Waals surface area contributed by atoms with Gasteiger partial charge in [-0.2, -0.15) is 0 Å². The number of rotatable bonds is 5. The molecule has 0 aliphatic heterocycles. The van der Waals surface area contributed by atoms with E-state index in [0.717, 1.165) is 43.8 Å². The summed E-state index contributed by atoms with van der Waals surface area (Å²) in [5.41, 5.74) is 9.00. The van der Waals surface area contributed by atoms with E-state index in [1.54, 1.807) is 4.57 Å². The van der Waals surface area contributed by atoms with Gasteiger partial charge in [0.2, 0.25) is 0 Å². The van der Waals surface area contributed by atoms with Crippen LogP contribution in [0.25, 0.3) is 83.0 Å². The molecule has 2 heteroatoms. The molecule has 2 nitrogen and oxygen atoms in total. The Labute approximate surface area is 280 Å². The van der Waals surface area contributed by atoms with Crippen molar-refractivity contribution in [2.24, 2.45) is 0 Å². The summed E-state index contributed by atoms with van der Waals surface area (Å²) in [5, 5.41) is 4.60. The largest absolute Gasteiger partial charge is 0.292 e. The summed E-state index contributed by atoms with van der Waals surface area (Å²) in [7, 11) is 0. The Bertz CT molecular complexity index is 2760. The fourth-order valence-electron chi connectivity index (χ4n) is 6.82. The van der Waals surface area contributed by atoms with E-state index in [9.17, 15) is 0 Å². The normalized spacial score (nSPS) is 12.9. The van der Waals surface area contributed by atoms with Crippen molar-refractivity contribution in [1.82, 2.24) is 9.55 Å². The minimum absolute atomic E-state index is 0.0719. The molecule has 9 rings (SSSR count). The maximum absolute atomic E-state index is 8.76. The SMILES string of the molecule is [2H]c1c([2H])c([2H])c(-n2c(-c3ccc(-c4c5ccccc5c(-c5cccc(-c6ccccc6)c5)c5ccccc45)cc3)nc3ccccc32)c([2H])c1[2H]. The molecular weight excluding hydrogens is 569 g/mol. The van der Waals surface area contributed by atoms with Gasteiger partial charge in [-0.05, 0) is 85.2 Å². The summed E-state index contributed by atoms with van der Waals surface area (Å²) in [6, 6.07) is 50.2. The average Bonchev–Trinajstić information content (AvgIpc) is 3.58. The fraction of sp³-hybridized carbons (Fsp3) is 0. The third-order valence-corrected chi connectivity index (χ3v) is 8.89. The second kappa shape index (κ2) is 11.3. The average molecular weight is 604 g/mol. The summed E-state index contributed by atoms with van der Waals surface area (Å²) in [5.74, 6) is 0.495. The van der Waals surface area contributed by atoms with E-state index in [1.807, 2.05) is 42.5 Å². The van der Waals surface area contributed by atoms with E-state index in [1.165, 1.54) is 16.7 Å². The molecule has 47 heavy (non-hydrogen) atoms. The van der Waals surface area contributed by atoms with Gasteiger partial charge in [0.05, 0.1) is 17.9 Å². The lowest BCUT2D eigenvalue weighted by molar-refractivity contribution is 1.10. The highest BCUT2D eigenvalue weighted by molar-refractivity contribution is 6.21. The molecule has 0 aliphatic carbocycles. The van der Waals surface area contributed by atoms with Crippen molar-refractivity contribution < 1.29 is 6.85 Å². The zero-order valence-electron chi connectivity index (χ0n) is 30.3. The van der Waals surface area contributed by atoms with Crippen LogP contribution >= 0.6 is 0 Å². The number of fused-ring (bicyclic) bond motifs is 3. The molecule has 0 spiro atoms. The van der Waals surface area contributed by atoms with Crippen LogP contribution in [-0.2, 0) is 0 Å². The highest BCUT2D eigenvalue weighted by Crippen LogP contribution is 2.44. The van der Waals surface area contributed by atoms with E-state index in [2.05, 4.69) is 109 Å². The molecule has 0 fully saturated rings. The van der Waals surface area contributed by atoms with E-state index in [-0.39, 0.29) is 29.9 Å². The van der Waals surface area contributed by atoms with E-state index < -0.39 is 6.04 Å². The Morgan fingerprint density at radius 1 is 0.426 bits per heavy atom. The Kier molecular flexibility index (Phi) is 5.35. The first kappa shape index (κ1) is 22.3. The molecule has 1 aromatic heterocycles. The molecule has 0 N–H and O–H groups in total. The van der Waals surface area contributed by atoms with Crippen molar-refractivity contribution in [1.29, 1.82) is 0 Å². The number of imidazole rings is 1. The van der Waals surface area contributed by atoms with Crippen LogP contribution in [-0.4, -0.2) is 9.55 Å². The van der Waals surface area contributed by atoms with Crippen molar-refractivity contribution in [2.75, 3.05) is 0 Å². The maximum Gasteiger partial charge on any atom is 0.145 e. The summed E-state index contributed by atoms with van der Waals surface area (Å²) in [4.78, 5) is 4.93. The highest BCUT2D eigenvalue weighted by Gasteiger charge is 2.18. The lowest BCUT2D eigenvalue weighted by atomic mass is 9.85. The summed E-state index contributed by atoms with van der Waals surface area (Å²) < 4.78 is 44.1. The molecule has 0 saturated heterocycles. The minimum Gasteiger partial charge on any atom is -0.292 e. The maximum atomic E-state index is 8.76. The van der Waals surface area contributed by atoms with Crippen molar-refractivity contribution >= 4 is 32.6 Å². The first-order valence-electron chi connectivity index (χ1n) is 18.2. The molecule has 0 amide bonds. The number of nitrogens with zero attached hydrogens (tertiary/aromatic N) is 2. The third kappa shape index (κ3) is 4.62. The molecule has 0 unspecified atom stereocenters. The second-order valence-electron chi connectivity index (χ2n) is 11.6. The van der Waals surface area contributed by atoms with E-state index in [0.29, 0.717) is 16.9 Å². The third-order valence-electron chi connectivity index (χ3n) is 8.89. The van der Waals surface area contributed by atoms with Crippen LogP contribution in [0.4, 0.5) is 0 Å². The van der Waals surface area contributed by atoms with Gasteiger partial charge < -0.3 is 0 Å². The van der Waals surface area contributed by atoms with E-state index >= 15 is 0 Å². The molecule has 0 aliphatic rings. The van der Waals surface area contributed by atoms with Crippen molar-refractivity contribution in [3.63, 3.8) is 0 Å². The molecule has 0 saturated carbocycles. The topological polar surface area (TPSA) is 17.8 Å². The van der Waals surface area contributed by atoms with Crippen molar-refractivity contribution in [3.05, 3.63) is 182 Å². The Balaban J connectivity index is 1.23. The number of benzene rings is 8. The number of para-hydroxylation sites is 3. The van der Waals surface area contributed by atoms with Crippen LogP contribution in [0.2, 0.25) is 0 Å². The standard InChI is InChI=1S/C45H30N2/c1-3-14-31(15-4-1)34-16-13-17-35(30-34)44-39-22-9-7-20-37(39)43(38-21-8-10-23-40(38)44)32-26-28-33(29-27-32)45-46-41-24-11-12-25-42(41)47(45)36-18-5-2-6-19-36/h1-30H/i2D,5D,6D,18D,19D. The molecule has 1 heterocycles.